The monoisotopic (exact) mass is 363 g/mol. The molecule has 0 spiro atoms. The Balaban J connectivity index is 1.98. The summed E-state index contributed by atoms with van der Waals surface area (Å²) < 4.78 is 38.1. The smallest absolute Gasteiger partial charge is 0.326 e. The molecule has 2 rings (SSSR count). The van der Waals surface area contributed by atoms with Crippen LogP contribution >= 0.6 is 27.3 Å². The van der Waals surface area contributed by atoms with Crippen molar-refractivity contribution in [2.75, 3.05) is 5.32 Å². The quantitative estimate of drug-likeness (QED) is 0.840. The predicted octanol–water partition coefficient (Wildman–Crippen LogP) is 4.71. The Kier molecular flexibility index (Phi) is 4.49. The number of alkyl halides is 3. The van der Waals surface area contributed by atoms with Gasteiger partial charge in [-0.05, 0) is 52.3 Å². The number of benzene rings is 1. The molecule has 0 saturated heterocycles. The summed E-state index contributed by atoms with van der Waals surface area (Å²) in [5.41, 5.74) is -0.392. The van der Waals surface area contributed by atoms with E-state index in [0.717, 1.165) is 20.8 Å². The minimum atomic E-state index is -4.37. The molecular weight excluding hydrogens is 355 g/mol. The Labute approximate surface area is 125 Å². The highest BCUT2D eigenvalue weighted by Gasteiger charge is 2.29. The topological polar surface area (TPSA) is 29.1 Å². The third kappa shape index (κ3) is 4.08. The lowest BCUT2D eigenvalue weighted by Gasteiger charge is -2.08. The molecule has 7 heteroatoms. The molecule has 2 aromatic rings. The molecule has 0 aliphatic rings. The van der Waals surface area contributed by atoms with Crippen LogP contribution in [0.3, 0.4) is 0 Å². The Bertz CT molecular complexity index is 607. The van der Waals surface area contributed by atoms with Gasteiger partial charge < -0.3 is 5.32 Å². The molecule has 106 valence electrons. The van der Waals surface area contributed by atoms with Crippen LogP contribution in [0.2, 0.25) is 0 Å². The summed E-state index contributed by atoms with van der Waals surface area (Å²) in [6, 6.07) is 8.03. The highest BCUT2D eigenvalue weighted by molar-refractivity contribution is 9.11. The SMILES string of the molecule is O=C(Cc1ccc(Br)s1)Nc1ccc(C(F)(F)F)cc1. The van der Waals surface area contributed by atoms with E-state index in [1.807, 2.05) is 12.1 Å². The van der Waals surface area contributed by atoms with E-state index in [-0.39, 0.29) is 12.3 Å². The molecule has 1 amide bonds. The Hall–Kier alpha value is -1.34. The van der Waals surface area contributed by atoms with Crippen LogP contribution < -0.4 is 5.32 Å². The van der Waals surface area contributed by atoms with Gasteiger partial charge >= 0.3 is 6.18 Å². The highest BCUT2D eigenvalue weighted by atomic mass is 79.9. The van der Waals surface area contributed by atoms with Gasteiger partial charge in [0, 0.05) is 10.6 Å². The van der Waals surface area contributed by atoms with Crippen LogP contribution in [0.1, 0.15) is 10.4 Å². The van der Waals surface area contributed by atoms with Crippen molar-refractivity contribution in [1.82, 2.24) is 0 Å². The molecule has 0 saturated carbocycles. The second-order valence-electron chi connectivity index (χ2n) is 4.01. The van der Waals surface area contributed by atoms with Gasteiger partial charge in [-0.1, -0.05) is 0 Å². The van der Waals surface area contributed by atoms with Crippen LogP contribution in [-0.4, -0.2) is 5.91 Å². The van der Waals surface area contributed by atoms with Crippen molar-refractivity contribution in [3.8, 4) is 0 Å². The fourth-order valence-corrected chi connectivity index (χ4v) is 3.03. The number of carbonyl (C=O) groups excluding carboxylic acids is 1. The zero-order valence-corrected chi connectivity index (χ0v) is 12.4. The number of halogens is 4. The maximum Gasteiger partial charge on any atom is 0.416 e. The summed E-state index contributed by atoms with van der Waals surface area (Å²) >= 11 is 4.74. The van der Waals surface area contributed by atoms with Crippen LogP contribution in [0.15, 0.2) is 40.2 Å². The first-order valence-electron chi connectivity index (χ1n) is 5.56. The van der Waals surface area contributed by atoms with Crippen molar-refractivity contribution >= 4 is 38.9 Å². The fourth-order valence-electron chi connectivity index (χ4n) is 1.55. The molecule has 0 radical (unpaired) electrons. The standard InChI is InChI=1S/C13H9BrF3NOS/c14-11-6-5-10(20-11)7-12(19)18-9-3-1-8(2-4-9)13(15,16)17/h1-6H,7H2,(H,18,19). The number of hydrogen-bond donors (Lipinski definition) is 1. The molecule has 0 atom stereocenters. The van der Waals surface area contributed by atoms with Crippen LogP contribution in [0.25, 0.3) is 0 Å². The third-order valence-electron chi connectivity index (χ3n) is 2.46. The second-order valence-corrected chi connectivity index (χ2v) is 6.55. The molecule has 2 nitrogen and oxygen atoms in total. The molecular formula is C13H9BrF3NOS. The van der Waals surface area contributed by atoms with E-state index < -0.39 is 11.7 Å². The minimum absolute atomic E-state index is 0.192. The van der Waals surface area contributed by atoms with Gasteiger partial charge in [-0.25, -0.2) is 0 Å². The molecule has 0 fully saturated rings. The first-order valence-corrected chi connectivity index (χ1v) is 7.17. The average molecular weight is 364 g/mol. The predicted molar refractivity (Wildman–Crippen MR) is 75.8 cm³/mol. The summed E-state index contributed by atoms with van der Waals surface area (Å²) in [7, 11) is 0. The highest BCUT2D eigenvalue weighted by Crippen LogP contribution is 2.30. The van der Waals surface area contributed by atoms with Gasteiger partial charge in [0.15, 0.2) is 0 Å². The van der Waals surface area contributed by atoms with Crippen molar-refractivity contribution in [1.29, 1.82) is 0 Å². The van der Waals surface area contributed by atoms with Crippen LogP contribution in [0.5, 0.6) is 0 Å². The Morgan fingerprint density at radius 2 is 1.80 bits per heavy atom. The molecule has 1 N–H and O–H groups in total. The molecule has 1 heterocycles. The summed E-state index contributed by atoms with van der Waals surface area (Å²) in [4.78, 5) is 12.6. The maximum atomic E-state index is 12.4. The van der Waals surface area contributed by atoms with E-state index in [2.05, 4.69) is 21.2 Å². The van der Waals surface area contributed by atoms with Crippen molar-refractivity contribution in [2.45, 2.75) is 12.6 Å². The van der Waals surface area contributed by atoms with E-state index in [9.17, 15) is 18.0 Å². The number of carbonyl (C=O) groups is 1. The van der Waals surface area contributed by atoms with Gasteiger partial charge in [0.2, 0.25) is 5.91 Å². The summed E-state index contributed by atoms with van der Waals surface area (Å²) in [5.74, 6) is -0.265. The van der Waals surface area contributed by atoms with Crippen molar-refractivity contribution in [3.63, 3.8) is 0 Å². The number of rotatable bonds is 3. The van der Waals surface area contributed by atoms with Gasteiger partial charge in [-0.2, -0.15) is 13.2 Å². The first-order chi connectivity index (χ1) is 9.34. The number of amides is 1. The second kappa shape index (κ2) is 5.97. The van der Waals surface area contributed by atoms with Gasteiger partial charge in [0.1, 0.15) is 0 Å². The van der Waals surface area contributed by atoms with Crippen LogP contribution in [0, 0.1) is 0 Å². The van der Waals surface area contributed by atoms with E-state index >= 15 is 0 Å². The van der Waals surface area contributed by atoms with Gasteiger partial charge in [0.25, 0.3) is 0 Å². The largest absolute Gasteiger partial charge is 0.416 e. The zero-order chi connectivity index (χ0) is 14.8. The molecule has 0 unspecified atom stereocenters. The summed E-state index contributed by atoms with van der Waals surface area (Å²) in [6.45, 7) is 0. The van der Waals surface area contributed by atoms with Gasteiger partial charge in [0.05, 0.1) is 15.8 Å². The van der Waals surface area contributed by atoms with Crippen molar-refractivity contribution in [2.24, 2.45) is 0 Å². The molecule has 0 aliphatic heterocycles. The summed E-state index contributed by atoms with van der Waals surface area (Å²) in [6.07, 6.45) is -4.18. The molecule has 1 aromatic carbocycles. The van der Waals surface area contributed by atoms with Crippen molar-refractivity contribution < 1.29 is 18.0 Å². The molecule has 1 aromatic heterocycles. The van der Waals surface area contributed by atoms with Crippen LogP contribution in [0.4, 0.5) is 18.9 Å². The Morgan fingerprint density at radius 3 is 2.30 bits per heavy atom. The van der Waals surface area contributed by atoms with E-state index in [0.29, 0.717) is 5.69 Å². The lowest BCUT2D eigenvalue weighted by Crippen LogP contribution is -2.14. The van der Waals surface area contributed by atoms with E-state index in [4.69, 9.17) is 0 Å². The van der Waals surface area contributed by atoms with Gasteiger partial charge in [-0.3, -0.25) is 4.79 Å². The molecule has 0 aliphatic carbocycles. The lowest BCUT2D eigenvalue weighted by atomic mass is 10.2. The van der Waals surface area contributed by atoms with Crippen LogP contribution in [-0.2, 0) is 17.4 Å². The first kappa shape index (κ1) is 15.1. The molecule has 20 heavy (non-hydrogen) atoms. The number of anilines is 1. The maximum absolute atomic E-state index is 12.4. The average Bonchev–Trinajstić information content (AvgIpc) is 2.74. The van der Waals surface area contributed by atoms with Gasteiger partial charge in [-0.15, -0.1) is 11.3 Å². The normalized spacial score (nSPS) is 11.4. The molecule has 0 bridgehead atoms. The third-order valence-corrected chi connectivity index (χ3v) is 4.08. The number of nitrogens with one attached hydrogen (secondary N) is 1. The number of thiophene rings is 1. The van der Waals surface area contributed by atoms with E-state index in [1.54, 1.807) is 0 Å². The van der Waals surface area contributed by atoms with E-state index in [1.165, 1.54) is 23.5 Å². The minimum Gasteiger partial charge on any atom is -0.326 e. The fraction of sp³-hybridized carbons (Fsp3) is 0.154. The van der Waals surface area contributed by atoms with Crippen molar-refractivity contribution in [3.05, 3.63) is 50.6 Å². The zero-order valence-electron chi connectivity index (χ0n) is 10.00. The Morgan fingerprint density at radius 1 is 1.15 bits per heavy atom. The number of hydrogen-bond acceptors (Lipinski definition) is 2. The lowest BCUT2D eigenvalue weighted by molar-refractivity contribution is -0.137. The summed E-state index contributed by atoms with van der Waals surface area (Å²) in [5, 5.41) is 2.56.